The first-order chi connectivity index (χ1) is 12.7. The second kappa shape index (κ2) is 5.84. The van der Waals surface area contributed by atoms with E-state index in [2.05, 4.69) is 8.75 Å². The van der Waals surface area contributed by atoms with Gasteiger partial charge in [0.2, 0.25) is 5.75 Å². The Hall–Kier alpha value is -2.87. The lowest BCUT2D eigenvalue weighted by Crippen LogP contribution is -2.22. The molecule has 2 aliphatic rings. The molecule has 3 heterocycles. The number of fused-ring (bicyclic) bond motifs is 4. The Morgan fingerprint density at radius 3 is 2.92 bits per heavy atom. The van der Waals surface area contributed by atoms with Gasteiger partial charge in [0.15, 0.2) is 11.5 Å². The molecular formula is C18H14N2O5S. The van der Waals surface area contributed by atoms with Crippen LogP contribution in [0.25, 0.3) is 11.0 Å². The quantitative estimate of drug-likeness (QED) is 0.507. The van der Waals surface area contributed by atoms with Gasteiger partial charge in [0, 0.05) is 11.5 Å². The van der Waals surface area contributed by atoms with Crippen LogP contribution in [0, 0.1) is 0 Å². The second-order valence-electron chi connectivity index (χ2n) is 6.09. The molecule has 7 nitrogen and oxygen atoms in total. The van der Waals surface area contributed by atoms with Crippen LogP contribution in [0.1, 0.15) is 23.5 Å². The van der Waals surface area contributed by atoms with Crippen molar-refractivity contribution in [1.29, 1.82) is 0 Å². The van der Waals surface area contributed by atoms with Crippen molar-refractivity contribution in [2.45, 2.75) is 12.3 Å². The van der Waals surface area contributed by atoms with Gasteiger partial charge in [-0.25, -0.2) is 0 Å². The second-order valence-corrected chi connectivity index (χ2v) is 6.62. The molecule has 26 heavy (non-hydrogen) atoms. The summed E-state index contributed by atoms with van der Waals surface area (Å²) in [5.41, 5.74) is 3.32. The van der Waals surface area contributed by atoms with Crippen LogP contribution >= 0.6 is 11.7 Å². The molecule has 0 amide bonds. The number of hydrogen-bond donors (Lipinski definition) is 0. The number of esters is 1. The standard InChI is InChI=1S/C18H14N2O5S/c1-22-13-6-9(7-14-18(13)24-5-4-23-14)10-8-15(21)25-12-3-2-11-17(16(10)12)20-26-19-11/h2-3,6-7,10H,4-5,8H2,1H3/t10-/m1/s1. The Balaban J connectivity index is 1.72. The SMILES string of the molecule is COc1cc([C@H]2CC(=O)Oc3ccc4nsnc4c32)cc2c1OCCO2. The van der Waals surface area contributed by atoms with Crippen molar-refractivity contribution in [2.24, 2.45) is 0 Å². The van der Waals surface area contributed by atoms with E-state index in [9.17, 15) is 4.79 Å². The van der Waals surface area contributed by atoms with Crippen LogP contribution in [-0.2, 0) is 4.79 Å². The van der Waals surface area contributed by atoms with Gasteiger partial charge in [0.1, 0.15) is 30.0 Å². The lowest BCUT2D eigenvalue weighted by molar-refractivity contribution is -0.135. The lowest BCUT2D eigenvalue weighted by Gasteiger charge is -2.27. The molecular weight excluding hydrogens is 356 g/mol. The van der Waals surface area contributed by atoms with Gasteiger partial charge in [-0.3, -0.25) is 4.79 Å². The molecule has 0 saturated heterocycles. The van der Waals surface area contributed by atoms with Gasteiger partial charge in [-0.15, -0.1) is 0 Å². The molecule has 0 fully saturated rings. The maximum Gasteiger partial charge on any atom is 0.312 e. The molecule has 0 unspecified atom stereocenters. The van der Waals surface area contributed by atoms with Crippen LogP contribution < -0.4 is 18.9 Å². The van der Waals surface area contributed by atoms with Crippen molar-refractivity contribution in [3.63, 3.8) is 0 Å². The predicted octanol–water partition coefficient (Wildman–Crippen LogP) is 2.91. The van der Waals surface area contributed by atoms with Crippen molar-refractivity contribution in [2.75, 3.05) is 20.3 Å². The molecule has 5 rings (SSSR count). The topological polar surface area (TPSA) is 79.8 Å². The van der Waals surface area contributed by atoms with Crippen LogP contribution in [-0.4, -0.2) is 35.0 Å². The summed E-state index contributed by atoms with van der Waals surface area (Å²) in [6, 6.07) is 7.39. The third-order valence-electron chi connectivity index (χ3n) is 4.62. The molecule has 1 aromatic heterocycles. The smallest absolute Gasteiger partial charge is 0.312 e. The highest BCUT2D eigenvalue weighted by atomic mass is 32.1. The number of aromatic nitrogens is 2. The molecule has 8 heteroatoms. The molecule has 2 aromatic carbocycles. The minimum absolute atomic E-state index is 0.215. The Bertz CT molecular complexity index is 1010. The van der Waals surface area contributed by atoms with E-state index in [1.165, 1.54) is 0 Å². The number of benzene rings is 2. The summed E-state index contributed by atoms with van der Waals surface area (Å²) in [4.78, 5) is 12.2. The molecule has 3 aromatic rings. The third-order valence-corrected chi connectivity index (χ3v) is 5.17. The van der Waals surface area contributed by atoms with Gasteiger partial charge in [-0.05, 0) is 29.8 Å². The average Bonchev–Trinajstić information content (AvgIpc) is 3.15. The number of carbonyl (C=O) groups is 1. The first kappa shape index (κ1) is 15.4. The van der Waals surface area contributed by atoms with Gasteiger partial charge in [0.05, 0.1) is 25.3 Å². The van der Waals surface area contributed by atoms with Gasteiger partial charge in [0.25, 0.3) is 0 Å². The molecule has 0 N–H and O–H groups in total. The molecule has 1 atom stereocenters. The van der Waals surface area contributed by atoms with Crippen LogP contribution in [0.4, 0.5) is 0 Å². The summed E-state index contributed by atoms with van der Waals surface area (Å²) in [6.45, 7) is 0.954. The summed E-state index contributed by atoms with van der Waals surface area (Å²) in [5.74, 6) is 1.83. The predicted molar refractivity (Wildman–Crippen MR) is 93.5 cm³/mol. The Morgan fingerprint density at radius 1 is 1.15 bits per heavy atom. The van der Waals surface area contributed by atoms with Crippen molar-refractivity contribution < 1.29 is 23.7 Å². The van der Waals surface area contributed by atoms with E-state index in [4.69, 9.17) is 18.9 Å². The lowest BCUT2D eigenvalue weighted by atomic mass is 9.85. The van der Waals surface area contributed by atoms with Crippen LogP contribution in [0.3, 0.4) is 0 Å². The summed E-state index contributed by atoms with van der Waals surface area (Å²) in [6.07, 6.45) is 0.215. The van der Waals surface area contributed by atoms with Crippen LogP contribution in [0.5, 0.6) is 23.0 Å². The Kier molecular flexibility index (Phi) is 3.46. The van der Waals surface area contributed by atoms with Gasteiger partial charge >= 0.3 is 5.97 Å². The molecule has 0 bridgehead atoms. The van der Waals surface area contributed by atoms with E-state index >= 15 is 0 Å². The van der Waals surface area contributed by atoms with E-state index in [1.54, 1.807) is 13.2 Å². The fourth-order valence-corrected chi connectivity index (χ4v) is 4.04. The highest BCUT2D eigenvalue weighted by molar-refractivity contribution is 7.00. The molecule has 0 aliphatic carbocycles. The number of rotatable bonds is 2. The van der Waals surface area contributed by atoms with E-state index < -0.39 is 0 Å². The number of ether oxygens (including phenoxy) is 4. The Labute approximate surface area is 152 Å². The van der Waals surface area contributed by atoms with E-state index in [0.29, 0.717) is 36.2 Å². The highest BCUT2D eigenvalue weighted by Gasteiger charge is 2.33. The zero-order valence-corrected chi connectivity index (χ0v) is 14.7. The number of carbonyl (C=O) groups excluding carboxylic acids is 1. The Morgan fingerprint density at radius 2 is 2.04 bits per heavy atom. The zero-order valence-electron chi connectivity index (χ0n) is 13.9. The first-order valence-electron chi connectivity index (χ1n) is 8.18. The third kappa shape index (κ3) is 2.29. The van der Waals surface area contributed by atoms with Gasteiger partial charge < -0.3 is 18.9 Å². The minimum atomic E-state index is -0.279. The summed E-state index contributed by atoms with van der Waals surface area (Å²) in [7, 11) is 1.59. The molecule has 0 saturated carbocycles. The average molecular weight is 370 g/mol. The molecule has 132 valence electrons. The summed E-state index contributed by atoms with van der Waals surface area (Å²) >= 11 is 1.14. The summed E-state index contributed by atoms with van der Waals surface area (Å²) in [5, 5.41) is 0. The monoisotopic (exact) mass is 370 g/mol. The van der Waals surface area contributed by atoms with E-state index in [1.807, 2.05) is 18.2 Å². The molecule has 0 spiro atoms. The number of hydrogen-bond acceptors (Lipinski definition) is 8. The van der Waals surface area contributed by atoms with Crippen molar-refractivity contribution in [1.82, 2.24) is 8.75 Å². The number of methoxy groups -OCH3 is 1. The molecule has 0 radical (unpaired) electrons. The minimum Gasteiger partial charge on any atom is -0.493 e. The van der Waals surface area contributed by atoms with Crippen molar-refractivity contribution in [3.8, 4) is 23.0 Å². The normalized spacial score (nSPS) is 18.3. The van der Waals surface area contributed by atoms with Crippen LogP contribution in [0.15, 0.2) is 24.3 Å². The summed E-state index contributed by atoms with van der Waals surface area (Å²) < 4.78 is 31.1. The largest absolute Gasteiger partial charge is 0.493 e. The van der Waals surface area contributed by atoms with E-state index in [0.717, 1.165) is 33.9 Å². The van der Waals surface area contributed by atoms with E-state index in [-0.39, 0.29) is 18.3 Å². The van der Waals surface area contributed by atoms with Crippen LogP contribution in [0.2, 0.25) is 0 Å². The van der Waals surface area contributed by atoms with Crippen molar-refractivity contribution >= 4 is 28.7 Å². The molecule has 2 aliphatic heterocycles. The fourth-order valence-electron chi connectivity index (χ4n) is 3.49. The van der Waals surface area contributed by atoms with Crippen molar-refractivity contribution in [3.05, 3.63) is 35.4 Å². The maximum absolute atomic E-state index is 12.2. The van der Waals surface area contributed by atoms with Gasteiger partial charge in [-0.2, -0.15) is 8.75 Å². The fraction of sp³-hybridized carbons (Fsp3) is 0.278. The zero-order chi connectivity index (χ0) is 17.7. The number of nitrogens with zero attached hydrogens (tertiary/aromatic N) is 2. The maximum atomic E-state index is 12.2. The van der Waals surface area contributed by atoms with Gasteiger partial charge in [-0.1, -0.05) is 0 Å². The first-order valence-corrected chi connectivity index (χ1v) is 8.91. The highest BCUT2D eigenvalue weighted by Crippen LogP contribution is 2.47.